The molecule has 0 saturated carbocycles. The van der Waals surface area contributed by atoms with E-state index in [2.05, 4.69) is 5.32 Å². The number of hydrogen-bond donors (Lipinski definition) is 2. The Morgan fingerprint density at radius 3 is 2.26 bits per heavy atom. The Morgan fingerprint density at radius 2 is 1.89 bits per heavy atom. The quantitative estimate of drug-likeness (QED) is 0.843. The number of carbonyl (C=O) groups excluding carboxylic acids is 1. The molecule has 1 aromatic rings. The van der Waals surface area contributed by atoms with E-state index in [1.54, 1.807) is 11.3 Å². The molecule has 0 atom stereocenters. The monoisotopic (exact) mass is 283 g/mol. The zero-order chi connectivity index (χ0) is 14.6. The van der Waals surface area contributed by atoms with Crippen molar-refractivity contribution >= 4 is 23.2 Å². The number of aryl methyl sites for hydroxylation is 2. The molecule has 1 aromatic heterocycles. The van der Waals surface area contributed by atoms with E-state index in [-0.39, 0.29) is 12.5 Å². The van der Waals surface area contributed by atoms with Crippen LogP contribution in [0.15, 0.2) is 6.07 Å². The Morgan fingerprint density at radius 1 is 1.32 bits per heavy atom. The number of carboxylic acids is 1. The van der Waals surface area contributed by atoms with E-state index in [0.29, 0.717) is 18.4 Å². The third kappa shape index (κ3) is 3.35. The summed E-state index contributed by atoms with van der Waals surface area (Å²) in [7, 11) is 0. The molecule has 106 valence electrons. The van der Waals surface area contributed by atoms with Gasteiger partial charge < -0.3 is 10.4 Å². The Kier molecular flexibility index (Phi) is 5.11. The van der Waals surface area contributed by atoms with Crippen LogP contribution in [0.4, 0.5) is 0 Å². The van der Waals surface area contributed by atoms with E-state index in [4.69, 9.17) is 0 Å². The van der Waals surface area contributed by atoms with Crippen LogP contribution in [0.3, 0.4) is 0 Å². The summed E-state index contributed by atoms with van der Waals surface area (Å²) in [6.45, 7) is 7.70. The van der Waals surface area contributed by atoms with E-state index in [1.165, 1.54) is 0 Å². The maximum Gasteiger partial charge on any atom is 0.311 e. The minimum absolute atomic E-state index is 0.169. The Bertz CT molecular complexity index is 475. The highest BCUT2D eigenvalue weighted by Gasteiger charge is 2.35. The second kappa shape index (κ2) is 6.19. The first-order valence-electron chi connectivity index (χ1n) is 6.45. The van der Waals surface area contributed by atoms with Crippen LogP contribution in [-0.4, -0.2) is 23.5 Å². The van der Waals surface area contributed by atoms with Crippen molar-refractivity contribution in [3.05, 3.63) is 21.4 Å². The number of thiophene rings is 1. The number of nitrogens with one attached hydrogen (secondary N) is 1. The highest BCUT2D eigenvalue weighted by Crippen LogP contribution is 2.26. The lowest BCUT2D eigenvalue weighted by Gasteiger charge is -2.26. The van der Waals surface area contributed by atoms with E-state index in [9.17, 15) is 14.7 Å². The van der Waals surface area contributed by atoms with Crippen LogP contribution in [0.5, 0.6) is 0 Å². The van der Waals surface area contributed by atoms with Crippen molar-refractivity contribution in [1.82, 2.24) is 5.32 Å². The lowest BCUT2D eigenvalue weighted by Crippen LogP contribution is -2.42. The van der Waals surface area contributed by atoms with Crippen LogP contribution >= 0.6 is 11.3 Å². The van der Waals surface area contributed by atoms with Gasteiger partial charge in [0.25, 0.3) is 5.91 Å². The van der Waals surface area contributed by atoms with Crippen molar-refractivity contribution in [3.63, 3.8) is 0 Å². The van der Waals surface area contributed by atoms with E-state index in [0.717, 1.165) is 9.75 Å². The van der Waals surface area contributed by atoms with Crippen molar-refractivity contribution in [3.8, 4) is 0 Å². The van der Waals surface area contributed by atoms with Gasteiger partial charge in [-0.2, -0.15) is 0 Å². The summed E-state index contributed by atoms with van der Waals surface area (Å²) < 4.78 is 0. The van der Waals surface area contributed by atoms with E-state index < -0.39 is 11.4 Å². The molecule has 0 fully saturated rings. The minimum atomic E-state index is -0.866. The van der Waals surface area contributed by atoms with Gasteiger partial charge >= 0.3 is 5.97 Å². The minimum Gasteiger partial charge on any atom is -0.481 e. The lowest BCUT2D eigenvalue weighted by atomic mass is 9.82. The SMILES string of the molecule is CCC(CC)(CNC(=O)c1cc(C)sc1C)C(=O)O. The molecule has 5 heteroatoms. The molecule has 0 aromatic carbocycles. The molecular weight excluding hydrogens is 262 g/mol. The fourth-order valence-electron chi connectivity index (χ4n) is 2.08. The molecule has 0 saturated heterocycles. The van der Waals surface area contributed by atoms with Crippen LogP contribution in [0.25, 0.3) is 0 Å². The van der Waals surface area contributed by atoms with Gasteiger partial charge in [-0.1, -0.05) is 13.8 Å². The fraction of sp³-hybridized carbons (Fsp3) is 0.571. The number of carbonyl (C=O) groups is 2. The first-order valence-corrected chi connectivity index (χ1v) is 7.26. The summed E-state index contributed by atoms with van der Waals surface area (Å²) >= 11 is 1.57. The first kappa shape index (κ1) is 15.7. The molecule has 0 radical (unpaired) electrons. The average molecular weight is 283 g/mol. The van der Waals surface area contributed by atoms with Crippen LogP contribution < -0.4 is 5.32 Å². The van der Waals surface area contributed by atoms with E-state index in [1.807, 2.05) is 33.8 Å². The van der Waals surface area contributed by atoms with Gasteiger partial charge in [0.05, 0.1) is 11.0 Å². The van der Waals surface area contributed by atoms with Crippen molar-refractivity contribution in [2.45, 2.75) is 40.5 Å². The molecular formula is C14H21NO3S. The van der Waals surface area contributed by atoms with Gasteiger partial charge in [0.1, 0.15) is 0 Å². The molecule has 1 amide bonds. The van der Waals surface area contributed by atoms with E-state index >= 15 is 0 Å². The van der Waals surface area contributed by atoms with Crippen molar-refractivity contribution < 1.29 is 14.7 Å². The Balaban J connectivity index is 2.78. The number of hydrogen-bond acceptors (Lipinski definition) is 3. The molecule has 0 aliphatic carbocycles. The van der Waals surface area contributed by atoms with Crippen LogP contribution in [-0.2, 0) is 4.79 Å². The Labute approximate surface area is 117 Å². The zero-order valence-corrected chi connectivity index (χ0v) is 12.7. The lowest BCUT2D eigenvalue weighted by molar-refractivity contribution is -0.149. The molecule has 19 heavy (non-hydrogen) atoms. The van der Waals surface area contributed by atoms with Gasteiger partial charge in [0.15, 0.2) is 0 Å². The third-order valence-corrected chi connectivity index (χ3v) is 4.65. The number of aliphatic carboxylic acids is 1. The Hall–Kier alpha value is -1.36. The van der Waals surface area contributed by atoms with Crippen LogP contribution in [0, 0.1) is 19.3 Å². The van der Waals surface area contributed by atoms with Crippen LogP contribution in [0.2, 0.25) is 0 Å². The van der Waals surface area contributed by atoms with Crippen LogP contribution in [0.1, 0.15) is 46.8 Å². The smallest absolute Gasteiger partial charge is 0.311 e. The van der Waals surface area contributed by atoms with Gasteiger partial charge in [-0.15, -0.1) is 11.3 Å². The number of amides is 1. The molecule has 0 aliphatic heterocycles. The zero-order valence-electron chi connectivity index (χ0n) is 11.9. The standard InChI is InChI=1S/C14H21NO3S/c1-5-14(6-2,13(17)18)8-15-12(16)11-7-9(3)19-10(11)4/h7H,5-6,8H2,1-4H3,(H,15,16)(H,17,18). The van der Waals surface area contributed by atoms with Gasteiger partial charge in [-0.05, 0) is 32.8 Å². The summed E-state index contributed by atoms with van der Waals surface area (Å²) in [5, 5.41) is 12.1. The molecule has 0 spiro atoms. The summed E-state index contributed by atoms with van der Waals surface area (Å²) in [4.78, 5) is 25.5. The van der Waals surface area contributed by atoms with Crippen molar-refractivity contribution in [2.24, 2.45) is 5.41 Å². The topological polar surface area (TPSA) is 66.4 Å². The molecule has 1 rings (SSSR count). The van der Waals surface area contributed by atoms with Crippen molar-refractivity contribution in [1.29, 1.82) is 0 Å². The predicted molar refractivity (Wildman–Crippen MR) is 76.8 cm³/mol. The molecule has 4 nitrogen and oxygen atoms in total. The number of rotatable bonds is 6. The van der Waals surface area contributed by atoms with Gasteiger partial charge in [-0.25, -0.2) is 0 Å². The van der Waals surface area contributed by atoms with Crippen molar-refractivity contribution in [2.75, 3.05) is 6.54 Å². The summed E-state index contributed by atoms with van der Waals surface area (Å²) in [5.74, 6) is -1.04. The molecule has 0 bridgehead atoms. The largest absolute Gasteiger partial charge is 0.481 e. The second-order valence-corrected chi connectivity index (χ2v) is 6.26. The summed E-state index contributed by atoms with van der Waals surface area (Å²) in [6.07, 6.45) is 1.00. The van der Waals surface area contributed by atoms with Gasteiger partial charge in [0.2, 0.25) is 0 Å². The summed E-state index contributed by atoms with van der Waals surface area (Å²) in [6, 6.07) is 1.84. The molecule has 0 unspecified atom stereocenters. The molecule has 0 aliphatic rings. The first-order chi connectivity index (χ1) is 8.86. The second-order valence-electron chi connectivity index (χ2n) is 4.80. The normalized spacial score (nSPS) is 11.4. The van der Waals surface area contributed by atoms with Gasteiger partial charge in [-0.3, -0.25) is 9.59 Å². The van der Waals surface area contributed by atoms with Gasteiger partial charge in [0, 0.05) is 16.3 Å². The highest BCUT2D eigenvalue weighted by atomic mass is 32.1. The predicted octanol–water partition coefficient (Wildman–Crippen LogP) is 2.99. The molecule has 1 heterocycles. The maximum absolute atomic E-state index is 12.1. The summed E-state index contributed by atoms with van der Waals surface area (Å²) in [5.41, 5.74) is -0.219. The highest BCUT2D eigenvalue weighted by molar-refractivity contribution is 7.12. The maximum atomic E-state index is 12.1. The average Bonchev–Trinajstić information content (AvgIpc) is 2.69. The fourth-order valence-corrected chi connectivity index (χ4v) is 3.00. The molecule has 2 N–H and O–H groups in total. The number of carboxylic acid groups (broad SMARTS) is 1. The third-order valence-electron chi connectivity index (χ3n) is 3.68.